The van der Waals surface area contributed by atoms with Crippen molar-refractivity contribution >= 4 is 27.3 Å². The maximum Gasteiger partial charge on any atom is 0.252 e. The van der Waals surface area contributed by atoms with Crippen LogP contribution in [0, 0.1) is 5.92 Å². The first-order valence-electron chi connectivity index (χ1n) is 7.52. The third-order valence-electron chi connectivity index (χ3n) is 4.11. The number of nitrogens with one attached hydrogen (secondary N) is 1. The molecule has 2 heterocycles. The molecule has 0 bridgehead atoms. The summed E-state index contributed by atoms with van der Waals surface area (Å²) in [5.41, 5.74) is 0. The van der Waals surface area contributed by atoms with E-state index in [2.05, 4.69) is 5.32 Å². The van der Waals surface area contributed by atoms with E-state index in [1.54, 1.807) is 12.1 Å². The van der Waals surface area contributed by atoms with Crippen LogP contribution in [-0.2, 0) is 26.1 Å². The number of sulfonamides is 1. The molecule has 1 aromatic rings. The molecular formula is C14H20N2O4S2. The summed E-state index contributed by atoms with van der Waals surface area (Å²) in [6.07, 6.45) is 3.05. The van der Waals surface area contributed by atoms with Crippen molar-refractivity contribution in [1.82, 2.24) is 9.62 Å². The van der Waals surface area contributed by atoms with Gasteiger partial charge in [-0.15, -0.1) is 11.3 Å². The Balaban J connectivity index is 1.61. The summed E-state index contributed by atoms with van der Waals surface area (Å²) >= 11 is 1.23. The molecule has 6 nitrogen and oxygen atoms in total. The molecule has 0 spiro atoms. The normalized spacial score (nSPS) is 20.5. The number of carbonyl (C=O) groups excluding carboxylic acids is 1. The first kappa shape index (κ1) is 15.9. The van der Waals surface area contributed by atoms with Gasteiger partial charge in [-0.2, -0.15) is 4.31 Å². The Kier molecular flexibility index (Phi) is 4.82. The minimum absolute atomic E-state index is 0.0808. The average Bonchev–Trinajstić information content (AvgIpc) is 2.94. The lowest BCUT2D eigenvalue weighted by Gasteiger charge is -2.25. The van der Waals surface area contributed by atoms with Crippen molar-refractivity contribution in [3.05, 3.63) is 17.0 Å². The van der Waals surface area contributed by atoms with Crippen LogP contribution in [0.5, 0.6) is 0 Å². The van der Waals surface area contributed by atoms with Crippen molar-refractivity contribution < 1.29 is 17.9 Å². The maximum absolute atomic E-state index is 12.5. The van der Waals surface area contributed by atoms with E-state index in [1.807, 2.05) is 0 Å². The van der Waals surface area contributed by atoms with Gasteiger partial charge in [-0.05, 0) is 25.0 Å². The van der Waals surface area contributed by atoms with Crippen LogP contribution in [0.25, 0.3) is 0 Å². The van der Waals surface area contributed by atoms with Gasteiger partial charge in [0.2, 0.25) is 5.91 Å². The number of rotatable bonds is 5. The van der Waals surface area contributed by atoms with Gasteiger partial charge >= 0.3 is 0 Å². The number of nitrogens with zero attached hydrogens (tertiary/aromatic N) is 1. The molecule has 0 unspecified atom stereocenters. The van der Waals surface area contributed by atoms with E-state index in [9.17, 15) is 13.2 Å². The second-order valence-corrected chi connectivity index (χ2v) is 8.92. The van der Waals surface area contributed by atoms with Crippen LogP contribution in [0.15, 0.2) is 16.3 Å². The fourth-order valence-corrected chi connectivity index (χ4v) is 5.35. The van der Waals surface area contributed by atoms with Crippen LogP contribution in [0.3, 0.4) is 0 Å². The van der Waals surface area contributed by atoms with E-state index in [1.165, 1.54) is 15.6 Å². The summed E-state index contributed by atoms with van der Waals surface area (Å²) in [7, 11) is -3.43. The molecular weight excluding hydrogens is 324 g/mol. The molecule has 1 amide bonds. The predicted octanol–water partition coefficient (Wildman–Crippen LogP) is 1.19. The molecule has 1 saturated carbocycles. The smallest absolute Gasteiger partial charge is 0.252 e. The molecule has 2 fully saturated rings. The number of thiophene rings is 1. The molecule has 122 valence electrons. The SMILES string of the molecule is O=C(NCc1ccc(S(=O)(=O)N2CCOCC2)s1)C1CCC1. The predicted molar refractivity (Wildman–Crippen MR) is 83.1 cm³/mol. The summed E-state index contributed by atoms with van der Waals surface area (Å²) in [6, 6.07) is 3.40. The summed E-state index contributed by atoms with van der Waals surface area (Å²) < 4.78 is 32.0. The Labute approximate surface area is 134 Å². The zero-order chi connectivity index (χ0) is 15.6. The van der Waals surface area contributed by atoms with Crippen LogP contribution in [0.1, 0.15) is 24.1 Å². The van der Waals surface area contributed by atoms with E-state index >= 15 is 0 Å². The minimum atomic E-state index is -3.43. The lowest BCUT2D eigenvalue weighted by molar-refractivity contribution is -0.127. The van der Waals surface area contributed by atoms with E-state index < -0.39 is 10.0 Å². The lowest BCUT2D eigenvalue weighted by Crippen LogP contribution is -2.40. The summed E-state index contributed by atoms with van der Waals surface area (Å²) in [6.45, 7) is 2.07. The van der Waals surface area contributed by atoms with Gasteiger partial charge in [-0.25, -0.2) is 8.42 Å². The first-order chi connectivity index (χ1) is 10.6. The molecule has 2 aliphatic rings. The quantitative estimate of drug-likeness (QED) is 0.870. The fraction of sp³-hybridized carbons (Fsp3) is 0.643. The molecule has 0 atom stereocenters. The number of hydrogen-bond acceptors (Lipinski definition) is 5. The van der Waals surface area contributed by atoms with Crippen molar-refractivity contribution in [2.45, 2.75) is 30.0 Å². The number of hydrogen-bond donors (Lipinski definition) is 1. The fourth-order valence-electron chi connectivity index (χ4n) is 2.50. The Morgan fingerprint density at radius 3 is 2.68 bits per heavy atom. The van der Waals surface area contributed by atoms with Crippen molar-refractivity contribution in [3.63, 3.8) is 0 Å². The summed E-state index contributed by atoms with van der Waals surface area (Å²) in [5.74, 6) is 0.230. The van der Waals surface area contributed by atoms with Crippen molar-refractivity contribution in [1.29, 1.82) is 0 Å². The van der Waals surface area contributed by atoms with Gasteiger partial charge in [0, 0.05) is 23.9 Å². The van der Waals surface area contributed by atoms with Crippen LogP contribution in [-0.4, -0.2) is 44.9 Å². The van der Waals surface area contributed by atoms with Crippen molar-refractivity contribution in [2.24, 2.45) is 5.92 Å². The highest BCUT2D eigenvalue weighted by Crippen LogP contribution is 2.28. The van der Waals surface area contributed by atoms with E-state index in [0.717, 1.165) is 24.1 Å². The van der Waals surface area contributed by atoms with Gasteiger partial charge in [0.1, 0.15) is 4.21 Å². The molecule has 0 aromatic carbocycles. The van der Waals surface area contributed by atoms with Gasteiger partial charge in [0.25, 0.3) is 10.0 Å². The number of ether oxygens (including phenoxy) is 1. The molecule has 22 heavy (non-hydrogen) atoms. The van der Waals surface area contributed by atoms with E-state index in [-0.39, 0.29) is 11.8 Å². The second kappa shape index (κ2) is 6.66. The second-order valence-electron chi connectivity index (χ2n) is 5.58. The van der Waals surface area contributed by atoms with Crippen molar-refractivity contribution in [2.75, 3.05) is 26.3 Å². The van der Waals surface area contributed by atoms with E-state index in [4.69, 9.17) is 4.74 Å². The molecule has 1 aromatic heterocycles. The Morgan fingerprint density at radius 2 is 2.05 bits per heavy atom. The Morgan fingerprint density at radius 1 is 1.32 bits per heavy atom. The molecule has 1 N–H and O–H groups in total. The molecule has 3 rings (SSSR count). The average molecular weight is 344 g/mol. The molecule has 0 radical (unpaired) electrons. The third-order valence-corrected chi connectivity index (χ3v) is 7.57. The summed E-state index contributed by atoms with van der Waals surface area (Å²) in [4.78, 5) is 12.7. The van der Waals surface area contributed by atoms with Crippen LogP contribution < -0.4 is 5.32 Å². The first-order valence-corrected chi connectivity index (χ1v) is 9.77. The zero-order valence-electron chi connectivity index (χ0n) is 12.3. The molecule has 8 heteroatoms. The molecule has 1 aliphatic carbocycles. The van der Waals surface area contributed by atoms with Gasteiger partial charge in [0.05, 0.1) is 19.8 Å². The lowest BCUT2D eigenvalue weighted by atomic mass is 9.85. The zero-order valence-corrected chi connectivity index (χ0v) is 13.9. The van der Waals surface area contributed by atoms with Gasteiger partial charge in [0.15, 0.2) is 0 Å². The van der Waals surface area contributed by atoms with Gasteiger partial charge < -0.3 is 10.1 Å². The number of carbonyl (C=O) groups is 1. The minimum Gasteiger partial charge on any atom is -0.379 e. The van der Waals surface area contributed by atoms with Gasteiger partial charge in [-0.3, -0.25) is 4.79 Å². The Bertz CT molecular complexity index is 631. The third kappa shape index (κ3) is 3.34. The van der Waals surface area contributed by atoms with Crippen LogP contribution >= 0.6 is 11.3 Å². The number of amides is 1. The molecule has 1 saturated heterocycles. The monoisotopic (exact) mass is 344 g/mol. The standard InChI is InChI=1S/C14H20N2O4S2/c17-14(11-2-1-3-11)15-10-12-4-5-13(21-12)22(18,19)16-6-8-20-9-7-16/h4-5,11H,1-3,6-10H2,(H,15,17). The van der Waals surface area contributed by atoms with E-state index in [0.29, 0.717) is 37.1 Å². The van der Waals surface area contributed by atoms with Crippen LogP contribution in [0.4, 0.5) is 0 Å². The number of morpholine rings is 1. The van der Waals surface area contributed by atoms with Crippen molar-refractivity contribution in [3.8, 4) is 0 Å². The maximum atomic E-state index is 12.5. The largest absolute Gasteiger partial charge is 0.379 e. The highest BCUT2D eigenvalue weighted by atomic mass is 32.2. The Hall–Kier alpha value is -0.960. The topological polar surface area (TPSA) is 75.7 Å². The highest BCUT2D eigenvalue weighted by Gasteiger charge is 2.28. The highest BCUT2D eigenvalue weighted by molar-refractivity contribution is 7.91. The summed E-state index contributed by atoms with van der Waals surface area (Å²) in [5, 5.41) is 2.89. The van der Waals surface area contributed by atoms with Crippen LogP contribution in [0.2, 0.25) is 0 Å². The van der Waals surface area contributed by atoms with Gasteiger partial charge in [-0.1, -0.05) is 6.42 Å². The molecule has 1 aliphatic heterocycles.